The summed E-state index contributed by atoms with van der Waals surface area (Å²) in [5, 5.41) is 18.3. The molecule has 4 heterocycles. The van der Waals surface area contributed by atoms with E-state index < -0.39 is 67.8 Å². The Morgan fingerprint density at radius 2 is 1.84 bits per heavy atom. The third-order valence-corrected chi connectivity index (χ3v) is 6.94. The average molecular weight is 642 g/mol. The lowest BCUT2D eigenvalue weighted by Gasteiger charge is -2.22. The fourth-order valence-corrected chi connectivity index (χ4v) is 4.71. The lowest BCUT2D eigenvalue weighted by molar-refractivity contribution is -0.207. The first kappa shape index (κ1) is 30.7. The van der Waals surface area contributed by atoms with E-state index in [1.54, 1.807) is 0 Å². The SMILES string of the molecule is NC(=O)[C@H]1CC(F)(F)CN1C(=O)c1ncccc1-n1cnc(Cn2nc(-c3ccc(Cl)cc3)n(C[C@@H](O)C(F)(F)F)c2=O)n1. The van der Waals surface area contributed by atoms with Gasteiger partial charge in [0.2, 0.25) is 5.91 Å². The Morgan fingerprint density at radius 1 is 1.14 bits per heavy atom. The van der Waals surface area contributed by atoms with Gasteiger partial charge in [-0.2, -0.15) is 13.2 Å². The third-order valence-electron chi connectivity index (χ3n) is 6.68. The molecule has 2 amide bonds. The summed E-state index contributed by atoms with van der Waals surface area (Å²) in [5.41, 5.74) is 4.10. The maximum absolute atomic E-state index is 14.1. The van der Waals surface area contributed by atoms with Gasteiger partial charge in [0.25, 0.3) is 11.8 Å². The normalized spacial score (nSPS) is 17.2. The first-order chi connectivity index (χ1) is 20.6. The number of pyridine rings is 1. The number of alkyl halides is 5. The highest BCUT2D eigenvalue weighted by molar-refractivity contribution is 6.30. The van der Waals surface area contributed by atoms with Crippen LogP contribution >= 0.6 is 11.6 Å². The highest BCUT2D eigenvalue weighted by atomic mass is 35.5. The van der Waals surface area contributed by atoms with E-state index in [0.717, 1.165) is 15.7 Å². The number of rotatable bonds is 8. The minimum atomic E-state index is -5.01. The summed E-state index contributed by atoms with van der Waals surface area (Å²) in [4.78, 5) is 46.8. The molecule has 0 saturated carbocycles. The number of aliphatic hydroxyl groups is 1. The second-order valence-corrected chi connectivity index (χ2v) is 10.3. The van der Waals surface area contributed by atoms with Crippen LogP contribution in [0.5, 0.6) is 0 Å². The molecule has 4 aromatic rings. The number of carbonyl (C=O) groups excluding carboxylic acids is 2. The lowest BCUT2D eigenvalue weighted by Crippen LogP contribution is -2.44. The summed E-state index contributed by atoms with van der Waals surface area (Å²) in [7, 11) is 0. The van der Waals surface area contributed by atoms with Crippen LogP contribution < -0.4 is 11.4 Å². The van der Waals surface area contributed by atoms with Crippen molar-refractivity contribution in [3.05, 3.63) is 75.9 Å². The number of benzene rings is 1. The zero-order valence-electron chi connectivity index (χ0n) is 22.2. The molecule has 0 aliphatic carbocycles. The minimum Gasteiger partial charge on any atom is -0.382 e. The topological polar surface area (TPSA) is 167 Å². The first-order valence-corrected chi connectivity index (χ1v) is 13.0. The first-order valence-electron chi connectivity index (χ1n) is 12.7. The van der Waals surface area contributed by atoms with E-state index in [2.05, 4.69) is 20.2 Å². The molecule has 1 aliphatic rings. The number of nitrogens with two attached hydrogens (primary N) is 1. The van der Waals surface area contributed by atoms with Gasteiger partial charge < -0.3 is 15.7 Å². The Hall–Kier alpha value is -4.71. The summed E-state index contributed by atoms with van der Waals surface area (Å²) in [6.07, 6.45) is -6.47. The van der Waals surface area contributed by atoms with Gasteiger partial charge in [-0.05, 0) is 36.4 Å². The largest absolute Gasteiger partial charge is 0.416 e. The molecule has 44 heavy (non-hydrogen) atoms. The van der Waals surface area contributed by atoms with Gasteiger partial charge in [0.05, 0.1) is 18.8 Å². The standard InChI is InChI=1S/C25H21ClF5N9O4/c26-14-5-3-13(4-6-14)21-36-39(23(44)37(21)9-17(41)25(29,30)31)10-18-34-12-40(35-18)15-2-1-7-33-19(15)22(43)38-11-24(27,28)8-16(38)20(32)42/h1-7,12,16-17,41H,8-11H2,(H2,32,42)/t16-,17-/m1/s1. The Labute approximate surface area is 248 Å². The van der Waals surface area contributed by atoms with Gasteiger partial charge in [0.1, 0.15) is 18.9 Å². The van der Waals surface area contributed by atoms with Crippen molar-refractivity contribution >= 4 is 23.4 Å². The van der Waals surface area contributed by atoms with Crippen LogP contribution in [-0.2, 0) is 17.9 Å². The van der Waals surface area contributed by atoms with Crippen LogP contribution in [-0.4, -0.2) is 86.7 Å². The Bertz CT molecular complexity index is 1770. The van der Waals surface area contributed by atoms with Crippen molar-refractivity contribution in [2.45, 2.75) is 43.8 Å². The number of halogens is 6. The van der Waals surface area contributed by atoms with E-state index in [1.165, 1.54) is 42.6 Å². The monoisotopic (exact) mass is 641 g/mol. The fourth-order valence-electron chi connectivity index (χ4n) is 4.58. The van der Waals surface area contributed by atoms with Gasteiger partial charge in [-0.3, -0.25) is 14.2 Å². The maximum atomic E-state index is 14.1. The lowest BCUT2D eigenvalue weighted by atomic mass is 10.1. The Kier molecular flexibility index (Phi) is 7.98. The van der Waals surface area contributed by atoms with Gasteiger partial charge in [-0.15, -0.1) is 10.2 Å². The van der Waals surface area contributed by atoms with Crippen molar-refractivity contribution in [3.63, 3.8) is 0 Å². The number of aromatic nitrogens is 7. The molecule has 3 N–H and O–H groups in total. The molecule has 1 saturated heterocycles. The second kappa shape index (κ2) is 11.4. The number of carbonyl (C=O) groups is 2. The van der Waals surface area contributed by atoms with Crippen molar-refractivity contribution in [1.82, 2.24) is 39.0 Å². The average Bonchev–Trinajstić information content (AvgIpc) is 3.65. The van der Waals surface area contributed by atoms with Gasteiger partial charge in [-0.1, -0.05) is 11.6 Å². The van der Waals surface area contributed by atoms with Crippen LogP contribution in [0.4, 0.5) is 22.0 Å². The van der Waals surface area contributed by atoms with Crippen molar-refractivity contribution in [1.29, 1.82) is 0 Å². The van der Waals surface area contributed by atoms with Crippen LogP contribution in [0.3, 0.4) is 0 Å². The van der Waals surface area contributed by atoms with Crippen LogP contribution in [0.1, 0.15) is 22.7 Å². The summed E-state index contributed by atoms with van der Waals surface area (Å²) >= 11 is 5.90. The zero-order chi connectivity index (χ0) is 32.0. The molecule has 0 unspecified atom stereocenters. The van der Waals surface area contributed by atoms with E-state index in [-0.39, 0.29) is 28.6 Å². The number of hydrogen-bond acceptors (Lipinski definition) is 8. The van der Waals surface area contributed by atoms with Crippen LogP contribution in [0.15, 0.2) is 53.7 Å². The number of likely N-dealkylation sites (tertiary alicyclic amines) is 1. The predicted molar refractivity (Wildman–Crippen MR) is 141 cm³/mol. The van der Waals surface area contributed by atoms with Crippen molar-refractivity contribution in [3.8, 4) is 17.1 Å². The van der Waals surface area contributed by atoms with E-state index >= 15 is 0 Å². The van der Waals surface area contributed by atoms with E-state index in [4.69, 9.17) is 17.3 Å². The number of primary amides is 1. The van der Waals surface area contributed by atoms with Gasteiger partial charge >= 0.3 is 11.9 Å². The van der Waals surface area contributed by atoms with E-state index in [9.17, 15) is 41.4 Å². The van der Waals surface area contributed by atoms with Crippen molar-refractivity contribution in [2.24, 2.45) is 5.73 Å². The molecular weight excluding hydrogens is 621 g/mol. The molecule has 1 aromatic carbocycles. The molecule has 1 aliphatic heterocycles. The zero-order valence-corrected chi connectivity index (χ0v) is 23.0. The molecule has 1 fully saturated rings. The highest BCUT2D eigenvalue weighted by Crippen LogP contribution is 2.33. The number of aliphatic hydroxyl groups excluding tert-OH is 1. The number of nitrogens with zero attached hydrogens (tertiary/aromatic N) is 8. The summed E-state index contributed by atoms with van der Waals surface area (Å²) in [6.45, 7) is -2.65. The minimum absolute atomic E-state index is 0.0114. The summed E-state index contributed by atoms with van der Waals surface area (Å²) in [5.74, 6) is -5.74. The molecule has 3 aromatic heterocycles. The summed E-state index contributed by atoms with van der Waals surface area (Å²) < 4.78 is 70.0. The number of hydrogen-bond donors (Lipinski definition) is 2. The van der Waals surface area contributed by atoms with Gasteiger partial charge in [0.15, 0.2) is 23.4 Å². The highest BCUT2D eigenvalue weighted by Gasteiger charge is 2.50. The summed E-state index contributed by atoms with van der Waals surface area (Å²) in [6, 6.07) is 6.98. The number of amides is 2. The van der Waals surface area contributed by atoms with E-state index in [0.29, 0.717) is 14.5 Å². The quantitative estimate of drug-likeness (QED) is 0.274. The fraction of sp³-hybridized carbons (Fsp3) is 0.320. The van der Waals surface area contributed by atoms with E-state index in [1.807, 2.05) is 0 Å². The molecular formula is C25H21ClF5N9O4. The molecule has 0 radical (unpaired) electrons. The van der Waals surface area contributed by atoms with Crippen molar-refractivity contribution in [2.75, 3.05) is 6.54 Å². The van der Waals surface area contributed by atoms with Crippen LogP contribution in [0.2, 0.25) is 5.02 Å². The van der Waals surface area contributed by atoms with Gasteiger partial charge in [-0.25, -0.2) is 32.9 Å². The molecule has 2 atom stereocenters. The van der Waals surface area contributed by atoms with Crippen LogP contribution in [0, 0.1) is 0 Å². The van der Waals surface area contributed by atoms with Crippen LogP contribution in [0.25, 0.3) is 17.1 Å². The Morgan fingerprint density at radius 3 is 2.50 bits per heavy atom. The molecule has 19 heteroatoms. The molecule has 0 bridgehead atoms. The maximum Gasteiger partial charge on any atom is 0.416 e. The Balaban J connectivity index is 1.46. The van der Waals surface area contributed by atoms with Gasteiger partial charge in [0, 0.05) is 23.2 Å². The molecule has 232 valence electrons. The molecule has 0 spiro atoms. The second-order valence-electron chi connectivity index (χ2n) is 9.83. The molecule has 13 nitrogen and oxygen atoms in total. The predicted octanol–water partition coefficient (Wildman–Crippen LogP) is 1.65. The smallest absolute Gasteiger partial charge is 0.382 e. The van der Waals surface area contributed by atoms with Crippen molar-refractivity contribution < 1.29 is 36.6 Å². The third kappa shape index (κ3) is 6.16. The molecule has 5 rings (SSSR count).